The van der Waals surface area contributed by atoms with Crippen molar-refractivity contribution >= 4 is 27.3 Å². The zero-order chi connectivity index (χ0) is 9.90. The number of hydrogen-bond donors (Lipinski definition) is 1. The maximum absolute atomic E-state index is 11.2. The van der Waals surface area contributed by atoms with Crippen molar-refractivity contribution in [3.8, 4) is 0 Å². The van der Waals surface area contributed by atoms with E-state index in [0.29, 0.717) is 4.88 Å². The number of rotatable bonds is 3. The fourth-order valence-corrected chi connectivity index (χ4v) is 1.89. The molecule has 13 heavy (non-hydrogen) atoms. The molecule has 1 rings (SSSR count). The Morgan fingerprint density at radius 3 is 2.77 bits per heavy atom. The molecule has 0 saturated heterocycles. The summed E-state index contributed by atoms with van der Waals surface area (Å²) in [6.07, 6.45) is 0. The number of nitrogens with one attached hydrogen (secondary N) is 1. The maximum atomic E-state index is 11.2. The number of thiophene rings is 1. The Kier molecular flexibility index (Phi) is 3.05. The van der Waals surface area contributed by atoms with Gasteiger partial charge in [0.1, 0.15) is 0 Å². The lowest BCUT2D eigenvalue weighted by Gasteiger charge is -2.01. The first kappa shape index (κ1) is 10.2. The van der Waals surface area contributed by atoms with Gasteiger partial charge in [-0.3, -0.25) is 4.79 Å². The van der Waals surface area contributed by atoms with Gasteiger partial charge < -0.3 is 0 Å². The van der Waals surface area contributed by atoms with Crippen molar-refractivity contribution in [3.63, 3.8) is 0 Å². The number of carbonyl (C=O) groups excluding carboxylic acids is 1. The smallest absolute Gasteiger partial charge is 0.267 e. The molecule has 4 nitrogen and oxygen atoms in total. The van der Waals surface area contributed by atoms with Crippen molar-refractivity contribution in [3.05, 3.63) is 22.4 Å². The van der Waals surface area contributed by atoms with E-state index in [4.69, 9.17) is 0 Å². The SMILES string of the molecule is CCS(=O)(=O)NC(=O)c1cccs1. The van der Waals surface area contributed by atoms with E-state index >= 15 is 0 Å². The van der Waals surface area contributed by atoms with Gasteiger partial charge in [-0.25, -0.2) is 13.1 Å². The van der Waals surface area contributed by atoms with Gasteiger partial charge in [0, 0.05) is 0 Å². The minimum atomic E-state index is -3.44. The number of carbonyl (C=O) groups is 1. The number of amides is 1. The van der Waals surface area contributed by atoms with Gasteiger partial charge >= 0.3 is 0 Å². The largest absolute Gasteiger partial charge is 0.274 e. The molecule has 1 aromatic rings. The first-order valence-electron chi connectivity index (χ1n) is 3.63. The quantitative estimate of drug-likeness (QED) is 0.819. The summed E-state index contributed by atoms with van der Waals surface area (Å²) in [5, 5.41) is 1.72. The molecule has 0 aromatic carbocycles. The molecule has 1 heterocycles. The van der Waals surface area contributed by atoms with E-state index in [1.165, 1.54) is 18.3 Å². The predicted molar refractivity (Wildman–Crippen MR) is 51.2 cm³/mol. The molecule has 0 unspecified atom stereocenters. The molecule has 1 amide bonds. The van der Waals surface area contributed by atoms with Crippen molar-refractivity contribution in [2.24, 2.45) is 0 Å². The third-order valence-corrected chi connectivity index (χ3v) is 3.50. The molecule has 0 spiro atoms. The molecule has 72 valence electrons. The van der Waals surface area contributed by atoms with Crippen LogP contribution < -0.4 is 4.72 Å². The first-order chi connectivity index (χ1) is 6.05. The molecule has 6 heteroatoms. The summed E-state index contributed by atoms with van der Waals surface area (Å²) < 4.78 is 23.9. The Labute approximate surface area is 80.6 Å². The van der Waals surface area contributed by atoms with E-state index in [9.17, 15) is 13.2 Å². The number of hydrogen-bond acceptors (Lipinski definition) is 4. The molecule has 0 aliphatic carbocycles. The minimum Gasteiger partial charge on any atom is -0.267 e. The van der Waals surface area contributed by atoms with Gasteiger partial charge in [0.2, 0.25) is 10.0 Å². The molecule has 0 aliphatic rings. The lowest BCUT2D eigenvalue weighted by atomic mass is 10.5. The highest BCUT2D eigenvalue weighted by Crippen LogP contribution is 2.08. The molecule has 0 saturated carbocycles. The summed E-state index contributed by atoms with van der Waals surface area (Å²) in [6.45, 7) is 1.48. The van der Waals surface area contributed by atoms with E-state index in [0.717, 1.165) is 0 Å². The van der Waals surface area contributed by atoms with E-state index in [1.54, 1.807) is 17.5 Å². The third-order valence-electron chi connectivity index (χ3n) is 1.37. The van der Waals surface area contributed by atoms with Crippen LogP contribution in [-0.4, -0.2) is 20.1 Å². The molecule has 0 atom stereocenters. The molecule has 1 N–H and O–H groups in total. The highest BCUT2D eigenvalue weighted by molar-refractivity contribution is 7.90. The second-order valence-corrected chi connectivity index (χ2v) is 5.27. The summed E-state index contributed by atoms with van der Waals surface area (Å²) in [6, 6.07) is 3.27. The Hall–Kier alpha value is -0.880. The summed E-state index contributed by atoms with van der Waals surface area (Å²) in [4.78, 5) is 11.6. The lowest BCUT2D eigenvalue weighted by molar-refractivity contribution is 0.0985. The van der Waals surface area contributed by atoms with E-state index in [1.807, 2.05) is 4.72 Å². The second-order valence-electron chi connectivity index (χ2n) is 2.31. The zero-order valence-electron chi connectivity index (χ0n) is 6.98. The van der Waals surface area contributed by atoms with Crippen molar-refractivity contribution in [2.75, 3.05) is 5.75 Å². The van der Waals surface area contributed by atoms with Crippen molar-refractivity contribution in [1.82, 2.24) is 4.72 Å². The highest BCUT2D eigenvalue weighted by atomic mass is 32.2. The monoisotopic (exact) mass is 219 g/mol. The van der Waals surface area contributed by atoms with Crippen LogP contribution in [0.3, 0.4) is 0 Å². The van der Waals surface area contributed by atoms with Crippen LogP contribution in [-0.2, 0) is 10.0 Å². The van der Waals surface area contributed by atoms with Crippen LogP contribution in [0.4, 0.5) is 0 Å². The van der Waals surface area contributed by atoms with Gasteiger partial charge in [-0.2, -0.15) is 0 Å². The molecule has 0 radical (unpaired) electrons. The second kappa shape index (κ2) is 3.89. The Morgan fingerprint density at radius 1 is 1.62 bits per heavy atom. The lowest BCUT2D eigenvalue weighted by Crippen LogP contribution is -2.31. The van der Waals surface area contributed by atoms with Crippen molar-refractivity contribution < 1.29 is 13.2 Å². The normalized spacial score (nSPS) is 11.2. The summed E-state index contributed by atoms with van der Waals surface area (Å²) in [5.74, 6) is -0.652. The van der Waals surface area contributed by atoms with Crippen LogP contribution in [0.15, 0.2) is 17.5 Å². The Bertz CT molecular complexity index is 380. The van der Waals surface area contributed by atoms with Crippen LogP contribution in [0.2, 0.25) is 0 Å². The summed E-state index contributed by atoms with van der Waals surface area (Å²) in [5.41, 5.74) is 0. The molecular weight excluding hydrogens is 210 g/mol. The number of sulfonamides is 1. The van der Waals surface area contributed by atoms with Crippen LogP contribution in [0, 0.1) is 0 Å². The fourth-order valence-electron chi connectivity index (χ4n) is 0.671. The maximum Gasteiger partial charge on any atom is 0.274 e. The molecule has 0 fully saturated rings. The third kappa shape index (κ3) is 2.82. The first-order valence-corrected chi connectivity index (χ1v) is 6.16. The molecular formula is C7H9NO3S2. The van der Waals surface area contributed by atoms with E-state index in [-0.39, 0.29) is 5.75 Å². The molecule has 1 aromatic heterocycles. The summed E-state index contributed by atoms with van der Waals surface area (Å²) in [7, 11) is -3.44. The van der Waals surface area contributed by atoms with E-state index < -0.39 is 15.9 Å². The van der Waals surface area contributed by atoms with Crippen LogP contribution in [0.25, 0.3) is 0 Å². The highest BCUT2D eigenvalue weighted by Gasteiger charge is 2.13. The van der Waals surface area contributed by atoms with Gasteiger partial charge in [0.25, 0.3) is 5.91 Å². The van der Waals surface area contributed by atoms with Gasteiger partial charge in [-0.1, -0.05) is 6.07 Å². The minimum absolute atomic E-state index is 0.0931. The molecule has 0 aliphatic heterocycles. The Morgan fingerprint density at radius 2 is 2.31 bits per heavy atom. The van der Waals surface area contributed by atoms with Crippen LogP contribution in [0.1, 0.15) is 16.6 Å². The van der Waals surface area contributed by atoms with Crippen LogP contribution in [0.5, 0.6) is 0 Å². The fraction of sp³-hybridized carbons (Fsp3) is 0.286. The van der Waals surface area contributed by atoms with Gasteiger partial charge in [-0.05, 0) is 18.4 Å². The Balaban J connectivity index is 2.73. The van der Waals surface area contributed by atoms with Crippen molar-refractivity contribution in [2.45, 2.75) is 6.92 Å². The zero-order valence-corrected chi connectivity index (χ0v) is 8.61. The predicted octanol–water partition coefficient (Wildman–Crippen LogP) is 0.828. The van der Waals surface area contributed by atoms with Gasteiger partial charge in [-0.15, -0.1) is 11.3 Å². The standard InChI is InChI=1S/C7H9NO3S2/c1-2-13(10,11)8-7(9)6-4-3-5-12-6/h3-5H,2H2,1H3,(H,8,9). The van der Waals surface area contributed by atoms with Crippen LogP contribution >= 0.6 is 11.3 Å². The molecule has 0 bridgehead atoms. The average Bonchev–Trinajstić information content (AvgIpc) is 2.55. The summed E-state index contributed by atoms with van der Waals surface area (Å²) >= 11 is 1.21. The van der Waals surface area contributed by atoms with Gasteiger partial charge in [0.05, 0.1) is 10.6 Å². The van der Waals surface area contributed by atoms with E-state index in [2.05, 4.69) is 0 Å². The van der Waals surface area contributed by atoms with Crippen molar-refractivity contribution in [1.29, 1.82) is 0 Å². The topological polar surface area (TPSA) is 63.2 Å². The average molecular weight is 219 g/mol. The van der Waals surface area contributed by atoms with Gasteiger partial charge in [0.15, 0.2) is 0 Å².